The molecule has 0 spiro atoms. The van der Waals surface area contributed by atoms with E-state index in [1.165, 1.54) is 7.11 Å². The Morgan fingerprint density at radius 1 is 0.839 bits per heavy atom. The first-order valence-electron chi connectivity index (χ1n) is 10.0. The van der Waals surface area contributed by atoms with Crippen molar-refractivity contribution in [2.75, 3.05) is 7.11 Å². The summed E-state index contributed by atoms with van der Waals surface area (Å²) in [6, 6.07) is 16.7. The van der Waals surface area contributed by atoms with Crippen molar-refractivity contribution in [3.8, 4) is 0 Å². The van der Waals surface area contributed by atoms with Gasteiger partial charge in [0.05, 0.1) is 7.11 Å². The van der Waals surface area contributed by atoms with Crippen LogP contribution < -0.4 is 11.1 Å². The number of benzene rings is 2. The Kier molecular flexibility index (Phi) is 10.0. The first-order chi connectivity index (χ1) is 15.0. The van der Waals surface area contributed by atoms with Gasteiger partial charge in [-0.2, -0.15) is 0 Å². The number of alkyl carbamates (subject to hydrolysis) is 1. The molecule has 2 atom stereocenters. The highest BCUT2D eigenvalue weighted by Crippen LogP contribution is 2.09. The lowest BCUT2D eigenvalue weighted by Crippen LogP contribution is -2.42. The van der Waals surface area contributed by atoms with E-state index in [-0.39, 0.29) is 19.6 Å². The van der Waals surface area contributed by atoms with Crippen LogP contribution in [-0.2, 0) is 37.0 Å². The molecule has 0 aromatic heterocycles. The maximum Gasteiger partial charge on any atom is 0.408 e. The van der Waals surface area contributed by atoms with Gasteiger partial charge in [0.15, 0.2) is 0 Å². The molecule has 0 heterocycles. The number of nitrogens with two attached hydrogens (primary N) is 1. The highest BCUT2D eigenvalue weighted by Gasteiger charge is 2.23. The minimum atomic E-state index is -0.902. The van der Waals surface area contributed by atoms with Gasteiger partial charge in [0.1, 0.15) is 25.3 Å². The van der Waals surface area contributed by atoms with Crippen molar-refractivity contribution in [1.82, 2.24) is 5.32 Å². The Morgan fingerprint density at radius 3 is 1.94 bits per heavy atom. The molecule has 2 aromatic rings. The number of esters is 2. The molecular weight excluding hydrogens is 400 g/mol. The molecule has 0 saturated carbocycles. The molecule has 0 unspecified atom stereocenters. The normalized spacial score (nSPS) is 12.3. The maximum absolute atomic E-state index is 12.1. The summed E-state index contributed by atoms with van der Waals surface area (Å²) in [5.74, 6) is -1.12. The molecule has 0 fully saturated rings. The zero-order chi connectivity index (χ0) is 22.5. The zero-order valence-corrected chi connectivity index (χ0v) is 17.5. The van der Waals surface area contributed by atoms with Gasteiger partial charge in [-0.3, -0.25) is 4.79 Å². The van der Waals surface area contributed by atoms with Crippen LogP contribution in [0.1, 0.15) is 30.4 Å². The SMILES string of the molecule is COC(=O)[C@H](CCC[C@@H](N)C(=O)OCc1ccccc1)NC(=O)OCc1ccccc1. The largest absolute Gasteiger partial charge is 0.467 e. The second-order valence-electron chi connectivity index (χ2n) is 6.91. The highest BCUT2D eigenvalue weighted by atomic mass is 16.6. The molecule has 0 bridgehead atoms. The summed E-state index contributed by atoms with van der Waals surface area (Å²) in [7, 11) is 1.24. The second-order valence-corrected chi connectivity index (χ2v) is 6.91. The van der Waals surface area contributed by atoms with Crippen molar-refractivity contribution in [2.24, 2.45) is 5.73 Å². The third-order valence-corrected chi connectivity index (χ3v) is 4.53. The molecule has 0 aliphatic heterocycles. The van der Waals surface area contributed by atoms with E-state index in [4.69, 9.17) is 19.9 Å². The average Bonchev–Trinajstić information content (AvgIpc) is 2.81. The fraction of sp³-hybridized carbons (Fsp3) is 0.348. The van der Waals surface area contributed by atoms with Crippen LogP contribution in [-0.4, -0.2) is 37.2 Å². The topological polar surface area (TPSA) is 117 Å². The molecule has 0 saturated heterocycles. The third kappa shape index (κ3) is 8.88. The van der Waals surface area contributed by atoms with E-state index in [0.29, 0.717) is 12.8 Å². The van der Waals surface area contributed by atoms with Crippen LogP contribution in [0.2, 0.25) is 0 Å². The number of ether oxygens (including phenoxy) is 3. The van der Waals surface area contributed by atoms with Gasteiger partial charge < -0.3 is 25.3 Å². The van der Waals surface area contributed by atoms with Gasteiger partial charge in [-0.05, 0) is 30.4 Å². The maximum atomic E-state index is 12.1. The fourth-order valence-corrected chi connectivity index (χ4v) is 2.79. The average molecular weight is 428 g/mol. The van der Waals surface area contributed by atoms with Crippen molar-refractivity contribution in [3.05, 3.63) is 71.8 Å². The van der Waals surface area contributed by atoms with Crippen molar-refractivity contribution >= 4 is 18.0 Å². The molecule has 0 aliphatic rings. The van der Waals surface area contributed by atoms with Gasteiger partial charge in [0.25, 0.3) is 0 Å². The monoisotopic (exact) mass is 428 g/mol. The summed E-state index contributed by atoms with van der Waals surface area (Å²) in [6.07, 6.45) is 0.209. The fourth-order valence-electron chi connectivity index (χ4n) is 2.79. The third-order valence-electron chi connectivity index (χ3n) is 4.53. The second kappa shape index (κ2) is 13.0. The number of carbonyl (C=O) groups is 3. The standard InChI is InChI=1S/C23H28N2O6/c1-29-22(27)20(25-23(28)31-16-18-11-6-3-7-12-18)14-8-13-19(24)21(26)30-15-17-9-4-2-5-10-17/h2-7,9-12,19-20H,8,13-16,24H2,1H3,(H,25,28)/t19-,20+/m1/s1. The van der Waals surface area contributed by atoms with Crippen molar-refractivity contribution in [2.45, 2.75) is 44.6 Å². The van der Waals surface area contributed by atoms with Gasteiger partial charge in [-0.25, -0.2) is 9.59 Å². The molecule has 8 nitrogen and oxygen atoms in total. The predicted molar refractivity (Wildman–Crippen MR) is 114 cm³/mol. The lowest BCUT2D eigenvalue weighted by molar-refractivity contribution is -0.146. The van der Waals surface area contributed by atoms with Crippen molar-refractivity contribution < 1.29 is 28.6 Å². The number of hydrogen-bond acceptors (Lipinski definition) is 7. The van der Waals surface area contributed by atoms with Crippen molar-refractivity contribution in [3.63, 3.8) is 0 Å². The summed E-state index contributed by atoms with van der Waals surface area (Å²) in [4.78, 5) is 36.1. The quantitative estimate of drug-likeness (QED) is 0.417. The number of methoxy groups -OCH3 is 1. The first kappa shape index (κ1) is 23.9. The van der Waals surface area contributed by atoms with Crippen LogP contribution in [0, 0.1) is 0 Å². The number of hydrogen-bond donors (Lipinski definition) is 2. The summed E-state index contributed by atoms with van der Waals surface area (Å²) in [5, 5.41) is 2.49. The predicted octanol–water partition coefficient (Wildman–Crippen LogP) is 2.70. The molecule has 2 aromatic carbocycles. The minimum Gasteiger partial charge on any atom is -0.467 e. The van der Waals surface area contributed by atoms with Gasteiger partial charge >= 0.3 is 18.0 Å². The van der Waals surface area contributed by atoms with Crippen LogP contribution in [0.15, 0.2) is 60.7 Å². The van der Waals surface area contributed by atoms with Gasteiger partial charge in [0.2, 0.25) is 0 Å². The lowest BCUT2D eigenvalue weighted by Gasteiger charge is -2.17. The van der Waals surface area contributed by atoms with Gasteiger partial charge in [-0.1, -0.05) is 60.7 Å². The van der Waals surface area contributed by atoms with E-state index in [9.17, 15) is 14.4 Å². The van der Waals surface area contributed by atoms with E-state index < -0.39 is 30.1 Å². The molecule has 2 rings (SSSR count). The Bertz CT molecular complexity index is 828. The summed E-state index contributed by atoms with van der Waals surface area (Å²) < 4.78 is 15.1. The highest BCUT2D eigenvalue weighted by molar-refractivity contribution is 5.81. The number of rotatable bonds is 11. The zero-order valence-electron chi connectivity index (χ0n) is 17.5. The molecular formula is C23H28N2O6. The molecule has 3 N–H and O–H groups in total. The Hall–Kier alpha value is -3.39. The van der Waals surface area contributed by atoms with E-state index in [0.717, 1.165) is 11.1 Å². The molecule has 166 valence electrons. The van der Waals surface area contributed by atoms with Gasteiger partial charge in [0, 0.05) is 0 Å². The molecule has 8 heteroatoms. The van der Waals surface area contributed by atoms with Crippen LogP contribution in [0.4, 0.5) is 4.79 Å². The minimum absolute atomic E-state index is 0.0820. The van der Waals surface area contributed by atoms with Crippen LogP contribution in [0.25, 0.3) is 0 Å². The van der Waals surface area contributed by atoms with Crippen LogP contribution in [0.5, 0.6) is 0 Å². The van der Waals surface area contributed by atoms with E-state index in [1.54, 1.807) is 0 Å². The molecule has 0 radical (unpaired) electrons. The smallest absolute Gasteiger partial charge is 0.408 e. The first-order valence-corrected chi connectivity index (χ1v) is 10.0. The van der Waals surface area contributed by atoms with E-state index in [1.807, 2.05) is 60.7 Å². The van der Waals surface area contributed by atoms with Gasteiger partial charge in [-0.15, -0.1) is 0 Å². The Balaban J connectivity index is 1.74. The Morgan fingerprint density at radius 2 is 1.39 bits per heavy atom. The summed E-state index contributed by atoms with van der Waals surface area (Å²) in [6.45, 7) is 0.228. The number of amides is 1. The Labute approximate surface area is 181 Å². The van der Waals surface area contributed by atoms with E-state index >= 15 is 0 Å². The van der Waals surface area contributed by atoms with Crippen molar-refractivity contribution in [1.29, 1.82) is 0 Å². The molecule has 1 amide bonds. The van der Waals surface area contributed by atoms with Crippen LogP contribution in [0.3, 0.4) is 0 Å². The van der Waals surface area contributed by atoms with Crippen LogP contribution >= 0.6 is 0 Å². The summed E-state index contributed by atoms with van der Waals surface area (Å²) in [5.41, 5.74) is 7.58. The number of carbonyl (C=O) groups excluding carboxylic acids is 3. The van der Waals surface area contributed by atoms with E-state index in [2.05, 4.69) is 5.32 Å². The summed E-state index contributed by atoms with van der Waals surface area (Å²) >= 11 is 0. The molecule has 31 heavy (non-hydrogen) atoms. The lowest BCUT2D eigenvalue weighted by atomic mass is 10.1. The molecule has 0 aliphatic carbocycles. The number of nitrogens with one attached hydrogen (secondary N) is 1.